The lowest BCUT2D eigenvalue weighted by molar-refractivity contribution is 0.404. The van der Waals surface area contributed by atoms with Crippen molar-refractivity contribution in [3.8, 4) is 33.7 Å². The third-order valence-electron chi connectivity index (χ3n) is 4.73. The van der Waals surface area contributed by atoms with E-state index in [2.05, 4.69) is 73.6 Å². The largest absolute Gasteiger partial charge is 0.336 e. The zero-order valence-corrected chi connectivity index (χ0v) is 15.8. The summed E-state index contributed by atoms with van der Waals surface area (Å²) < 4.78 is 5.67. The maximum atomic E-state index is 5.67. The highest BCUT2D eigenvalue weighted by molar-refractivity contribution is 5.87. The molecule has 3 heteroatoms. The van der Waals surface area contributed by atoms with Crippen LogP contribution in [0.4, 0.5) is 0 Å². The normalized spacial score (nSPS) is 11.5. The van der Waals surface area contributed by atoms with Gasteiger partial charge in [0.1, 0.15) is 5.69 Å². The van der Waals surface area contributed by atoms with Gasteiger partial charge in [0.2, 0.25) is 0 Å². The van der Waals surface area contributed by atoms with Gasteiger partial charge in [-0.3, -0.25) is 0 Å². The van der Waals surface area contributed by atoms with Gasteiger partial charge < -0.3 is 4.52 Å². The lowest BCUT2D eigenvalue weighted by atomic mass is 9.82. The predicted molar refractivity (Wildman–Crippen MR) is 109 cm³/mol. The zero-order chi connectivity index (χ0) is 18.9. The predicted octanol–water partition coefficient (Wildman–Crippen LogP) is 6.37. The van der Waals surface area contributed by atoms with Crippen molar-refractivity contribution < 1.29 is 4.52 Å². The molecule has 4 rings (SSSR count). The minimum Gasteiger partial charge on any atom is -0.336 e. The van der Waals surface area contributed by atoms with E-state index in [1.54, 1.807) is 0 Å². The maximum absolute atomic E-state index is 5.67. The summed E-state index contributed by atoms with van der Waals surface area (Å²) in [5, 5.41) is 8.26. The lowest BCUT2D eigenvalue weighted by Crippen LogP contribution is -2.12. The summed E-state index contributed by atoms with van der Waals surface area (Å²) in [6.07, 6.45) is 0. The highest BCUT2D eigenvalue weighted by atomic mass is 16.5. The number of hydrogen-bond acceptors (Lipinski definition) is 3. The van der Waals surface area contributed by atoms with Gasteiger partial charge in [-0.15, -0.1) is 5.10 Å². The molecule has 1 heterocycles. The first-order valence-corrected chi connectivity index (χ1v) is 9.13. The molecule has 27 heavy (non-hydrogen) atoms. The highest BCUT2D eigenvalue weighted by Gasteiger charge is 2.24. The van der Waals surface area contributed by atoms with E-state index in [4.69, 9.17) is 4.52 Å². The number of benzene rings is 3. The summed E-state index contributed by atoms with van der Waals surface area (Å²) in [7, 11) is 0. The van der Waals surface area contributed by atoms with Crippen molar-refractivity contribution in [3.63, 3.8) is 0 Å². The molecule has 0 saturated carbocycles. The molecule has 0 radical (unpaired) electrons. The van der Waals surface area contributed by atoms with Crippen LogP contribution in [0.2, 0.25) is 0 Å². The molecule has 0 unspecified atom stereocenters. The molecular weight excluding hydrogens is 332 g/mol. The molecule has 0 N–H and O–H groups in total. The summed E-state index contributed by atoms with van der Waals surface area (Å²) in [6, 6.07) is 26.9. The van der Waals surface area contributed by atoms with Gasteiger partial charge in [0.05, 0.1) is 0 Å². The average Bonchev–Trinajstić information content (AvgIpc) is 3.17. The molecule has 0 fully saturated rings. The van der Waals surface area contributed by atoms with E-state index >= 15 is 0 Å². The molecule has 0 aliphatic carbocycles. The Bertz CT molecular complexity index is 1060. The topological polar surface area (TPSA) is 38.9 Å². The average molecular weight is 354 g/mol. The molecule has 0 spiro atoms. The van der Waals surface area contributed by atoms with E-state index < -0.39 is 0 Å². The van der Waals surface area contributed by atoms with Gasteiger partial charge in [0.25, 0.3) is 0 Å². The van der Waals surface area contributed by atoms with Crippen molar-refractivity contribution >= 4 is 0 Å². The fraction of sp³-hybridized carbons (Fsp3) is 0.167. The number of aromatic nitrogens is 2. The van der Waals surface area contributed by atoms with Gasteiger partial charge in [-0.05, 0) is 22.1 Å². The standard InChI is InChI=1S/C24H22N2O/c1-24(2,3)21-16-10-9-15-20(21)22-23(27-26-25-22)19-14-8-7-13-18(19)17-11-5-4-6-12-17/h4-16H,1-3H3. The lowest BCUT2D eigenvalue weighted by Gasteiger charge is -2.22. The Kier molecular flexibility index (Phi) is 4.36. The molecular formula is C24H22N2O. The van der Waals surface area contributed by atoms with Crippen LogP contribution in [0.25, 0.3) is 33.7 Å². The Morgan fingerprint density at radius 3 is 1.96 bits per heavy atom. The quantitative estimate of drug-likeness (QED) is 0.429. The van der Waals surface area contributed by atoms with E-state index in [0.29, 0.717) is 5.76 Å². The summed E-state index contributed by atoms with van der Waals surface area (Å²) in [4.78, 5) is 0. The highest BCUT2D eigenvalue weighted by Crippen LogP contribution is 2.40. The third-order valence-corrected chi connectivity index (χ3v) is 4.73. The second-order valence-corrected chi connectivity index (χ2v) is 7.66. The monoisotopic (exact) mass is 354 g/mol. The zero-order valence-electron chi connectivity index (χ0n) is 15.8. The van der Waals surface area contributed by atoms with Crippen LogP contribution in [0.3, 0.4) is 0 Å². The maximum Gasteiger partial charge on any atom is 0.195 e. The molecule has 0 atom stereocenters. The number of hydrogen-bond donors (Lipinski definition) is 0. The second kappa shape index (κ2) is 6.84. The van der Waals surface area contributed by atoms with Gasteiger partial charge in [0, 0.05) is 16.4 Å². The van der Waals surface area contributed by atoms with Crippen molar-refractivity contribution in [2.24, 2.45) is 0 Å². The van der Waals surface area contributed by atoms with Crippen LogP contribution in [0.1, 0.15) is 26.3 Å². The van der Waals surface area contributed by atoms with E-state index in [-0.39, 0.29) is 5.41 Å². The van der Waals surface area contributed by atoms with Crippen LogP contribution in [0.5, 0.6) is 0 Å². The van der Waals surface area contributed by atoms with Gasteiger partial charge in [0.15, 0.2) is 5.76 Å². The first-order chi connectivity index (χ1) is 13.1. The van der Waals surface area contributed by atoms with Crippen molar-refractivity contribution in [2.45, 2.75) is 26.2 Å². The Hall–Kier alpha value is -3.20. The fourth-order valence-corrected chi connectivity index (χ4v) is 3.44. The smallest absolute Gasteiger partial charge is 0.195 e. The molecule has 4 aromatic rings. The van der Waals surface area contributed by atoms with Gasteiger partial charge in [-0.25, -0.2) is 0 Å². The van der Waals surface area contributed by atoms with E-state index in [1.807, 2.05) is 36.4 Å². The van der Waals surface area contributed by atoms with Crippen molar-refractivity contribution in [2.75, 3.05) is 0 Å². The first kappa shape index (κ1) is 17.2. The van der Waals surface area contributed by atoms with Gasteiger partial charge in [-0.2, -0.15) is 0 Å². The molecule has 0 aliphatic rings. The minimum atomic E-state index is -0.00817. The van der Waals surface area contributed by atoms with E-state index in [0.717, 1.165) is 27.9 Å². The molecule has 1 aromatic heterocycles. The second-order valence-electron chi connectivity index (χ2n) is 7.66. The van der Waals surface area contributed by atoms with Gasteiger partial charge in [-0.1, -0.05) is 99.6 Å². The molecule has 0 aliphatic heterocycles. The number of rotatable bonds is 3. The van der Waals surface area contributed by atoms with Crippen molar-refractivity contribution in [3.05, 3.63) is 84.4 Å². The summed E-state index contributed by atoms with van der Waals surface area (Å²) in [6.45, 7) is 6.62. The fourth-order valence-electron chi connectivity index (χ4n) is 3.44. The minimum absolute atomic E-state index is 0.00817. The number of nitrogens with zero attached hydrogens (tertiary/aromatic N) is 2. The van der Waals surface area contributed by atoms with Crippen LogP contribution in [-0.4, -0.2) is 10.4 Å². The summed E-state index contributed by atoms with van der Waals surface area (Å²) >= 11 is 0. The van der Waals surface area contributed by atoms with E-state index in [1.165, 1.54) is 5.56 Å². The Labute approximate surface area is 159 Å². The van der Waals surface area contributed by atoms with Gasteiger partial charge >= 0.3 is 0 Å². The van der Waals surface area contributed by atoms with Crippen LogP contribution in [0, 0.1) is 0 Å². The van der Waals surface area contributed by atoms with Crippen molar-refractivity contribution in [1.29, 1.82) is 0 Å². The summed E-state index contributed by atoms with van der Waals surface area (Å²) in [5.41, 5.74) is 6.29. The molecule has 3 nitrogen and oxygen atoms in total. The Morgan fingerprint density at radius 1 is 0.667 bits per heavy atom. The molecule has 0 amide bonds. The summed E-state index contributed by atoms with van der Waals surface area (Å²) in [5.74, 6) is 0.700. The van der Waals surface area contributed by atoms with Crippen LogP contribution in [-0.2, 0) is 5.41 Å². The first-order valence-electron chi connectivity index (χ1n) is 9.13. The van der Waals surface area contributed by atoms with E-state index in [9.17, 15) is 0 Å². The molecule has 134 valence electrons. The van der Waals surface area contributed by atoms with Crippen LogP contribution in [0.15, 0.2) is 83.4 Å². The molecule has 3 aromatic carbocycles. The van der Waals surface area contributed by atoms with Crippen molar-refractivity contribution in [1.82, 2.24) is 10.4 Å². The third kappa shape index (κ3) is 3.28. The Balaban J connectivity index is 1.92. The van der Waals surface area contributed by atoms with Crippen LogP contribution < -0.4 is 0 Å². The molecule has 0 saturated heterocycles. The SMILES string of the molecule is CC(C)(C)c1ccccc1-c1nnoc1-c1ccccc1-c1ccccc1. The molecule has 0 bridgehead atoms. The Morgan fingerprint density at radius 2 is 1.26 bits per heavy atom. The van der Waals surface area contributed by atoms with Crippen LogP contribution >= 0.6 is 0 Å².